The van der Waals surface area contributed by atoms with Crippen LogP contribution in [-0.2, 0) is 16.2 Å². The molecule has 126 valence electrons. The van der Waals surface area contributed by atoms with Crippen LogP contribution >= 0.6 is 22.6 Å². The van der Waals surface area contributed by atoms with Crippen LogP contribution in [0.3, 0.4) is 0 Å². The highest BCUT2D eigenvalue weighted by Gasteiger charge is 2.18. The summed E-state index contributed by atoms with van der Waals surface area (Å²) in [6.45, 7) is 13.6. The van der Waals surface area contributed by atoms with Crippen molar-refractivity contribution >= 4 is 42.4 Å². The lowest BCUT2D eigenvalue weighted by molar-refractivity contribution is 0.0635. The minimum absolute atomic E-state index is 0.388. The lowest BCUT2D eigenvalue weighted by Gasteiger charge is -2.19. The summed E-state index contributed by atoms with van der Waals surface area (Å²) in [5.74, 6) is 0. The van der Waals surface area contributed by atoms with Gasteiger partial charge in [-0.2, -0.15) is 5.10 Å². The zero-order chi connectivity index (χ0) is 17.0. The zero-order valence-electron chi connectivity index (χ0n) is 14.2. The van der Waals surface area contributed by atoms with Crippen LogP contribution in [0.5, 0.6) is 0 Å². The van der Waals surface area contributed by atoms with Gasteiger partial charge in [0.2, 0.25) is 0 Å². The Morgan fingerprint density at radius 2 is 2.05 bits per heavy atom. The Labute approximate surface area is 147 Å². The van der Waals surface area contributed by atoms with E-state index in [-0.39, 0.29) is 0 Å². The van der Waals surface area contributed by atoms with Crippen LogP contribution in [0, 0.1) is 3.70 Å². The molecule has 0 saturated carbocycles. The summed E-state index contributed by atoms with van der Waals surface area (Å²) < 4.78 is 13.4. The molecule has 0 aliphatic rings. The predicted molar refractivity (Wildman–Crippen MR) is 98.9 cm³/mol. The number of nitrogens with one attached hydrogen (secondary N) is 1. The Morgan fingerprint density at radius 1 is 1.41 bits per heavy atom. The molecular formula is C14H26IN3O3Si. The quantitative estimate of drug-likeness (QED) is 0.411. The summed E-state index contributed by atoms with van der Waals surface area (Å²) in [7, 11) is -1.08. The molecule has 0 aliphatic heterocycles. The summed E-state index contributed by atoms with van der Waals surface area (Å²) in [4.78, 5) is 11.8. The number of halogens is 1. The number of anilines is 1. The average molecular weight is 439 g/mol. The van der Waals surface area contributed by atoms with E-state index >= 15 is 0 Å². The molecule has 0 aromatic carbocycles. The van der Waals surface area contributed by atoms with E-state index in [2.05, 4.69) is 52.6 Å². The second-order valence-electron chi connectivity index (χ2n) is 7.32. The van der Waals surface area contributed by atoms with Crippen molar-refractivity contribution in [2.75, 3.05) is 11.9 Å². The standard InChI is InChI=1S/C14H26IN3O3Si/c1-14(2,3)21-13(19)17-11-9-16-18(12(11)15)10-20-7-8-22(4,5)6/h9H,7-8,10H2,1-6H3,(H,17,19). The van der Waals surface area contributed by atoms with Gasteiger partial charge >= 0.3 is 6.09 Å². The van der Waals surface area contributed by atoms with E-state index in [1.165, 1.54) is 0 Å². The zero-order valence-corrected chi connectivity index (χ0v) is 17.4. The summed E-state index contributed by atoms with van der Waals surface area (Å²) in [6, 6.07) is 1.12. The first-order valence-electron chi connectivity index (χ1n) is 7.27. The molecule has 1 amide bonds. The van der Waals surface area contributed by atoms with Gasteiger partial charge in [-0.15, -0.1) is 0 Å². The van der Waals surface area contributed by atoms with Gasteiger partial charge in [0.15, 0.2) is 0 Å². The van der Waals surface area contributed by atoms with Crippen molar-refractivity contribution in [1.29, 1.82) is 0 Å². The molecule has 22 heavy (non-hydrogen) atoms. The highest BCUT2D eigenvalue weighted by atomic mass is 127. The van der Waals surface area contributed by atoms with Gasteiger partial charge in [0.05, 0.1) is 11.9 Å². The molecule has 8 heteroatoms. The third-order valence-electron chi connectivity index (χ3n) is 2.62. The topological polar surface area (TPSA) is 65.4 Å². The van der Waals surface area contributed by atoms with Gasteiger partial charge in [0, 0.05) is 14.7 Å². The molecule has 6 nitrogen and oxygen atoms in total. The molecule has 0 unspecified atom stereocenters. The highest BCUT2D eigenvalue weighted by molar-refractivity contribution is 14.1. The first kappa shape index (κ1) is 19.4. The molecule has 0 fully saturated rings. The van der Waals surface area contributed by atoms with E-state index in [9.17, 15) is 4.79 Å². The molecule has 0 aliphatic carbocycles. The first-order valence-corrected chi connectivity index (χ1v) is 12.1. The molecule has 1 N–H and O–H groups in total. The van der Waals surface area contributed by atoms with E-state index in [0.29, 0.717) is 12.4 Å². The number of carbonyl (C=O) groups excluding carboxylic acids is 1. The number of hydrogen-bond acceptors (Lipinski definition) is 4. The summed E-state index contributed by atoms with van der Waals surface area (Å²) in [6.07, 6.45) is 1.12. The number of aromatic nitrogens is 2. The number of rotatable bonds is 6. The number of hydrogen-bond donors (Lipinski definition) is 1. The fourth-order valence-electron chi connectivity index (χ4n) is 1.49. The number of nitrogens with zero attached hydrogens (tertiary/aromatic N) is 2. The van der Waals surface area contributed by atoms with Crippen LogP contribution in [0.2, 0.25) is 25.7 Å². The van der Waals surface area contributed by atoms with E-state index in [4.69, 9.17) is 9.47 Å². The molecule has 1 aromatic rings. The number of ether oxygens (including phenoxy) is 2. The summed E-state index contributed by atoms with van der Waals surface area (Å²) in [5, 5.41) is 6.93. The van der Waals surface area contributed by atoms with Crippen molar-refractivity contribution in [2.45, 2.75) is 58.8 Å². The molecule has 1 rings (SSSR count). The molecule has 0 radical (unpaired) electrons. The molecule has 0 atom stereocenters. The molecule has 0 spiro atoms. The maximum absolute atomic E-state index is 11.8. The predicted octanol–water partition coefficient (Wildman–Crippen LogP) is 4.15. The Bertz CT molecular complexity index is 506. The van der Waals surface area contributed by atoms with Crippen LogP contribution in [0.4, 0.5) is 10.5 Å². The Hall–Kier alpha value is -0.613. The molecule has 0 bridgehead atoms. The van der Waals surface area contributed by atoms with Gasteiger partial charge in [-0.1, -0.05) is 19.6 Å². The van der Waals surface area contributed by atoms with Gasteiger partial charge < -0.3 is 9.47 Å². The molecule has 1 heterocycles. The smallest absolute Gasteiger partial charge is 0.412 e. The Morgan fingerprint density at radius 3 is 2.59 bits per heavy atom. The van der Waals surface area contributed by atoms with Crippen molar-refractivity contribution in [3.8, 4) is 0 Å². The van der Waals surface area contributed by atoms with Gasteiger partial charge in [-0.05, 0) is 49.4 Å². The van der Waals surface area contributed by atoms with Crippen molar-refractivity contribution in [3.63, 3.8) is 0 Å². The normalized spacial score (nSPS) is 12.3. The van der Waals surface area contributed by atoms with Crippen LogP contribution in [0.15, 0.2) is 6.20 Å². The van der Waals surface area contributed by atoms with Crippen LogP contribution in [0.1, 0.15) is 20.8 Å². The van der Waals surface area contributed by atoms with Crippen molar-refractivity contribution < 1.29 is 14.3 Å². The third-order valence-corrected chi connectivity index (χ3v) is 5.46. The lowest BCUT2D eigenvalue weighted by Crippen LogP contribution is -2.27. The van der Waals surface area contributed by atoms with Gasteiger partial charge in [-0.3, -0.25) is 5.32 Å². The van der Waals surface area contributed by atoms with E-state index in [1.807, 2.05) is 20.8 Å². The van der Waals surface area contributed by atoms with E-state index in [0.717, 1.165) is 16.4 Å². The Balaban J connectivity index is 2.50. The third kappa shape index (κ3) is 7.59. The summed E-state index contributed by atoms with van der Waals surface area (Å²) in [5.41, 5.74) is 0.106. The van der Waals surface area contributed by atoms with Gasteiger partial charge in [0.25, 0.3) is 0 Å². The SMILES string of the molecule is CC(C)(C)OC(=O)Nc1cnn(COCC[Si](C)(C)C)c1I. The van der Waals surface area contributed by atoms with E-state index < -0.39 is 19.8 Å². The molecule has 1 aromatic heterocycles. The first-order chi connectivity index (χ1) is 9.98. The molecule has 0 saturated heterocycles. The maximum atomic E-state index is 11.8. The minimum Gasteiger partial charge on any atom is -0.444 e. The van der Waals surface area contributed by atoms with Gasteiger partial charge in [-0.25, -0.2) is 9.48 Å². The fraction of sp³-hybridized carbons (Fsp3) is 0.714. The number of carbonyl (C=O) groups is 1. The highest BCUT2D eigenvalue weighted by Crippen LogP contribution is 2.19. The largest absolute Gasteiger partial charge is 0.444 e. The maximum Gasteiger partial charge on any atom is 0.412 e. The van der Waals surface area contributed by atoms with Crippen LogP contribution < -0.4 is 5.32 Å². The van der Waals surface area contributed by atoms with Crippen molar-refractivity contribution in [2.24, 2.45) is 0 Å². The second kappa shape index (κ2) is 7.78. The minimum atomic E-state index is -1.08. The van der Waals surface area contributed by atoms with Crippen molar-refractivity contribution in [3.05, 3.63) is 9.90 Å². The van der Waals surface area contributed by atoms with Crippen LogP contribution in [0.25, 0.3) is 0 Å². The average Bonchev–Trinajstić information content (AvgIpc) is 2.63. The Kier molecular flexibility index (Phi) is 6.87. The van der Waals surface area contributed by atoms with Crippen molar-refractivity contribution in [1.82, 2.24) is 9.78 Å². The number of amides is 1. The van der Waals surface area contributed by atoms with Crippen LogP contribution in [-0.4, -0.2) is 36.2 Å². The van der Waals surface area contributed by atoms with E-state index in [1.54, 1.807) is 10.9 Å². The lowest BCUT2D eigenvalue weighted by atomic mass is 10.2. The second-order valence-corrected chi connectivity index (χ2v) is 14.0. The summed E-state index contributed by atoms with van der Waals surface area (Å²) >= 11 is 2.13. The van der Waals surface area contributed by atoms with Gasteiger partial charge in [0.1, 0.15) is 16.0 Å². The fourth-order valence-corrected chi connectivity index (χ4v) is 2.78. The molecular weight excluding hydrogens is 413 g/mol. The monoisotopic (exact) mass is 439 g/mol.